The van der Waals surface area contributed by atoms with E-state index in [1.807, 2.05) is 48.5 Å². The number of halogens is 1. The standard InChI is InChI=1S/C30H26ClN3O5/c1-39-25-11-6-5-10-20(25)24-17-23(33-34(24)26(35)12-7-13-27(36)37)29-28(18-8-3-2-4-9-18)21-16-19(31)14-15-22(21)32-30(29)38/h2-6,8-11,14-16,24H,7,12-13,17H2,1H3,(H,32,38)(H,36,37). The van der Waals surface area contributed by atoms with E-state index in [4.69, 9.17) is 26.5 Å². The van der Waals surface area contributed by atoms with Gasteiger partial charge in [0.2, 0.25) is 5.91 Å². The number of carbonyl (C=O) groups excluding carboxylic acids is 1. The van der Waals surface area contributed by atoms with Crippen LogP contribution in [0.3, 0.4) is 0 Å². The number of aromatic amines is 1. The van der Waals surface area contributed by atoms with E-state index in [9.17, 15) is 14.4 Å². The van der Waals surface area contributed by atoms with Gasteiger partial charge in [0, 0.05) is 46.3 Å². The van der Waals surface area contributed by atoms with Crippen molar-refractivity contribution >= 4 is 40.1 Å². The largest absolute Gasteiger partial charge is 0.496 e. The van der Waals surface area contributed by atoms with Crippen LogP contribution in [-0.2, 0) is 9.59 Å². The number of H-pyrrole nitrogens is 1. The Kier molecular flexibility index (Phi) is 7.47. The summed E-state index contributed by atoms with van der Waals surface area (Å²) in [6, 6.07) is 21.6. The van der Waals surface area contributed by atoms with Gasteiger partial charge in [0.05, 0.1) is 24.4 Å². The summed E-state index contributed by atoms with van der Waals surface area (Å²) in [5.74, 6) is -0.711. The summed E-state index contributed by atoms with van der Waals surface area (Å²) in [6.07, 6.45) is 0.321. The first kappa shape index (κ1) is 26.2. The first-order chi connectivity index (χ1) is 18.9. The molecule has 0 spiro atoms. The van der Waals surface area contributed by atoms with Gasteiger partial charge < -0.3 is 14.8 Å². The minimum Gasteiger partial charge on any atom is -0.496 e. The summed E-state index contributed by atoms with van der Waals surface area (Å²) in [4.78, 5) is 41.0. The highest BCUT2D eigenvalue weighted by Gasteiger charge is 2.36. The van der Waals surface area contributed by atoms with Crippen LogP contribution in [0.1, 0.15) is 42.9 Å². The molecule has 0 saturated heterocycles. The van der Waals surface area contributed by atoms with Crippen molar-refractivity contribution in [2.24, 2.45) is 5.10 Å². The second kappa shape index (κ2) is 11.1. The predicted molar refractivity (Wildman–Crippen MR) is 150 cm³/mol. The maximum atomic E-state index is 13.6. The highest BCUT2D eigenvalue weighted by molar-refractivity contribution is 6.31. The highest BCUT2D eigenvalue weighted by Crippen LogP contribution is 2.40. The molecule has 3 aromatic carbocycles. The molecule has 198 valence electrons. The van der Waals surface area contributed by atoms with Crippen molar-refractivity contribution in [1.29, 1.82) is 0 Å². The normalized spacial score (nSPS) is 14.9. The van der Waals surface area contributed by atoms with Crippen LogP contribution in [0, 0.1) is 0 Å². The summed E-state index contributed by atoms with van der Waals surface area (Å²) in [7, 11) is 1.56. The van der Waals surface area contributed by atoms with Crippen molar-refractivity contribution in [2.45, 2.75) is 31.7 Å². The van der Waals surface area contributed by atoms with E-state index >= 15 is 0 Å². The Balaban J connectivity index is 1.68. The van der Waals surface area contributed by atoms with Crippen LogP contribution in [0.4, 0.5) is 0 Å². The maximum Gasteiger partial charge on any atom is 0.303 e. The lowest BCUT2D eigenvalue weighted by molar-refractivity contribution is -0.137. The maximum absolute atomic E-state index is 13.6. The van der Waals surface area contributed by atoms with Gasteiger partial charge in [-0.3, -0.25) is 14.4 Å². The summed E-state index contributed by atoms with van der Waals surface area (Å²) in [5, 5.41) is 16.4. The number of rotatable bonds is 8. The van der Waals surface area contributed by atoms with Gasteiger partial charge in [-0.1, -0.05) is 60.1 Å². The summed E-state index contributed by atoms with van der Waals surface area (Å²) in [6.45, 7) is 0. The summed E-state index contributed by atoms with van der Waals surface area (Å²) in [5.41, 5.74) is 3.33. The van der Waals surface area contributed by atoms with Crippen molar-refractivity contribution in [2.75, 3.05) is 7.11 Å². The molecule has 1 aromatic heterocycles. The number of hydrogen-bond donors (Lipinski definition) is 2. The average molecular weight is 544 g/mol. The van der Waals surface area contributed by atoms with Crippen LogP contribution in [-0.4, -0.2) is 39.8 Å². The number of methoxy groups -OCH3 is 1. The van der Waals surface area contributed by atoms with Crippen molar-refractivity contribution in [1.82, 2.24) is 9.99 Å². The number of fused-ring (bicyclic) bond motifs is 1. The Labute approximate surface area is 229 Å². The van der Waals surface area contributed by atoms with Crippen LogP contribution in [0.5, 0.6) is 5.75 Å². The van der Waals surface area contributed by atoms with Crippen molar-refractivity contribution < 1.29 is 19.4 Å². The lowest BCUT2D eigenvalue weighted by Crippen LogP contribution is -2.27. The van der Waals surface area contributed by atoms with Crippen LogP contribution in [0.2, 0.25) is 5.02 Å². The van der Waals surface area contributed by atoms with Gasteiger partial charge in [-0.05, 0) is 36.2 Å². The molecule has 2 heterocycles. The van der Waals surface area contributed by atoms with Crippen LogP contribution < -0.4 is 10.3 Å². The number of ether oxygens (including phenoxy) is 1. The van der Waals surface area contributed by atoms with E-state index in [0.29, 0.717) is 33.1 Å². The SMILES string of the molecule is COc1ccccc1C1CC(c2c(-c3ccccc3)c3cc(Cl)ccc3[nH]c2=O)=NN1C(=O)CCCC(=O)O. The van der Waals surface area contributed by atoms with E-state index in [-0.39, 0.29) is 37.1 Å². The molecule has 0 fully saturated rings. The van der Waals surface area contributed by atoms with E-state index in [1.54, 1.807) is 31.4 Å². The monoisotopic (exact) mass is 543 g/mol. The zero-order valence-corrected chi connectivity index (χ0v) is 21.9. The molecule has 8 nitrogen and oxygen atoms in total. The number of pyridine rings is 1. The molecule has 2 N–H and O–H groups in total. The second-order valence-corrected chi connectivity index (χ2v) is 9.69. The summed E-state index contributed by atoms with van der Waals surface area (Å²) < 4.78 is 5.58. The number of hydrazone groups is 1. The number of hydrogen-bond acceptors (Lipinski definition) is 5. The second-order valence-electron chi connectivity index (χ2n) is 9.25. The molecule has 5 rings (SSSR count). The Morgan fingerprint density at radius 2 is 1.79 bits per heavy atom. The fourth-order valence-corrected chi connectivity index (χ4v) is 5.20. The summed E-state index contributed by atoms with van der Waals surface area (Å²) >= 11 is 6.37. The number of nitrogens with one attached hydrogen (secondary N) is 1. The minimum atomic E-state index is -0.969. The first-order valence-electron chi connectivity index (χ1n) is 12.5. The molecular formula is C30H26ClN3O5. The van der Waals surface area contributed by atoms with Gasteiger partial charge >= 0.3 is 5.97 Å². The number of carboxylic acid groups (broad SMARTS) is 1. The third-order valence-electron chi connectivity index (χ3n) is 6.77. The van der Waals surface area contributed by atoms with E-state index in [0.717, 1.165) is 16.5 Å². The van der Waals surface area contributed by atoms with Crippen LogP contribution >= 0.6 is 11.6 Å². The Bertz CT molecular complexity index is 1650. The third-order valence-corrected chi connectivity index (χ3v) is 7.01. The Morgan fingerprint density at radius 1 is 1.05 bits per heavy atom. The third kappa shape index (κ3) is 5.28. The molecule has 1 aliphatic heterocycles. The minimum absolute atomic E-state index is 0.00393. The van der Waals surface area contributed by atoms with Gasteiger partial charge in [0.15, 0.2) is 0 Å². The molecule has 1 atom stereocenters. The number of carbonyl (C=O) groups is 2. The van der Waals surface area contributed by atoms with Gasteiger partial charge in [0.1, 0.15) is 5.75 Å². The molecule has 0 bridgehead atoms. The Morgan fingerprint density at radius 3 is 2.54 bits per heavy atom. The van der Waals surface area contributed by atoms with Crippen LogP contribution in [0.15, 0.2) is 82.7 Å². The molecule has 4 aromatic rings. The van der Waals surface area contributed by atoms with Crippen LogP contribution in [0.25, 0.3) is 22.0 Å². The fourth-order valence-electron chi connectivity index (χ4n) is 5.03. The van der Waals surface area contributed by atoms with E-state index < -0.39 is 12.0 Å². The van der Waals surface area contributed by atoms with Gasteiger partial charge in [0.25, 0.3) is 5.56 Å². The number of benzene rings is 3. The quantitative estimate of drug-likeness (QED) is 0.292. The molecule has 0 saturated carbocycles. The predicted octanol–water partition coefficient (Wildman–Crippen LogP) is 5.79. The highest BCUT2D eigenvalue weighted by atomic mass is 35.5. The van der Waals surface area contributed by atoms with Crippen molar-refractivity contribution in [3.05, 3.63) is 99.3 Å². The lowest BCUT2D eigenvalue weighted by Gasteiger charge is -2.23. The molecule has 39 heavy (non-hydrogen) atoms. The average Bonchev–Trinajstić information content (AvgIpc) is 3.37. The number of amides is 1. The number of aromatic nitrogens is 1. The number of para-hydroxylation sites is 1. The number of nitrogens with zero attached hydrogens (tertiary/aromatic N) is 2. The molecule has 1 unspecified atom stereocenters. The number of aliphatic carboxylic acids is 1. The molecular weight excluding hydrogens is 518 g/mol. The fraction of sp³-hybridized carbons (Fsp3) is 0.200. The topological polar surface area (TPSA) is 112 Å². The first-order valence-corrected chi connectivity index (χ1v) is 12.9. The van der Waals surface area contributed by atoms with Crippen molar-refractivity contribution in [3.8, 4) is 16.9 Å². The van der Waals surface area contributed by atoms with E-state index in [2.05, 4.69) is 4.98 Å². The zero-order chi connectivity index (χ0) is 27.5. The van der Waals surface area contributed by atoms with E-state index in [1.165, 1.54) is 5.01 Å². The lowest BCUT2D eigenvalue weighted by atomic mass is 9.91. The smallest absolute Gasteiger partial charge is 0.303 e. The molecule has 9 heteroatoms. The Hall–Kier alpha value is -4.43. The zero-order valence-electron chi connectivity index (χ0n) is 21.2. The van der Waals surface area contributed by atoms with Gasteiger partial charge in [-0.2, -0.15) is 5.10 Å². The van der Waals surface area contributed by atoms with Gasteiger partial charge in [-0.15, -0.1) is 0 Å². The molecule has 1 aliphatic rings. The van der Waals surface area contributed by atoms with Gasteiger partial charge in [-0.25, -0.2) is 5.01 Å². The molecule has 0 radical (unpaired) electrons. The molecule has 1 amide bonds. The number of carboxylic acids is 1. The molecule has 0 aliphatic carbocycles. The van der Waals surface area contributed by atoms with Crippen molar-refractivity contribution in [3.63, 3.8) is 0 Å².